The van der Waals surface area contributed by atoms with Gasteiger partial charge in [0.2, 0.25) is 5.95 Å². The molecule has 0 aromatic carbocycles. The van der Waals surface area contributed by atoms with Crippen molar-refractivity contribution in [1.29, 1.82) is 0 Å². The molecule has 3 N–H and O–H groups in total. The van der Waals surface area contributed by atoms with E-state index in [4.69, 9.17) is 5.73 Å². The monoisotopic (exact) mass is 487 g/mol. The smallest absolute Gasteiger partial charge is 0.256 e. The van der Waals surface area contributed by atoms with Crippen molar-refractivity contribution in [3.8, 4) is 11.3 Å². The van der Waals surface area contributed by atoms with Crippen molar-refractivity contribution in [3.63, 3.8) is 0 Å². The number of hydrogen-bond donors (Lipinski definition) is 2. The summed E-state index contributed by atoms with van der Waals surface area (Å²) in [6.07, 6.45) is 0.145. The van der Waals surface area contributed by atoms with Gasteiger partial charge in [-0.05, 0) is 44.9 Å². The molecule has 0 bridgehead atoms. The van der Waals surface area contributed by atoms with Crippen molar-refractivity contribution in [3.05, 3.63) is 30.2 Å². The van der Waals surface area contributed by atoms with E-state index in [0.717, 1.165) is 25.9 Å². The van der Waals surface area contributed by atoms with Crippen molar-refractivity contribution < 1.29 is 13.2 Å². The Kier molecular flexibility index (Phi) is 6.22. The van der Waals surface area contributed by atoms with Crippen LogP contribution >= 0.6 is 0 Å². The third-order valence-corrected chi connectivity index (χ3v) is 6.35. The van der Waals surface area contributed by atoms with Crippen molar-refractivity contribution in [2.75, 3.05) is 30.7 Å². The average Bonchev–Trinajstić information content (AvgIpc) is 3.35. The Hall–Kier alpha value is -3.41. The van der Waals surface area contributed by atoms with E-state index >= 15 is 0 Å². The van der Waals surface area contributed by atoms with Crippen LogP contribution in [0.2, 0.25) is 0 Å². The van der Waals surface area contributed by atoms with Crippen LogP contribution in [0.3, 0.4) is 0 Å². The number of nitrogen functional groups attached to an aromatic ring is 1. The number of hydrogen-bond acceptors (Lipinski definition) is 7. The lowest BCUT2D eigenvalue weighted by atomic mass is 10.1. The molecule has 0 spiro atoms. The molecule has 1 fully saturated rings. The molecule has 0 amide bonds. The molecule has 12 heteroatoms. The van der Waals surface area contributed by atoms with Gasteiger partial charge in [0.15, 0.2) is 11.5 Å². The van der Waals surface area contributed by atoms with E-state index < -0.39 is 19.1 Å². The fourth-order valence-corrected chi connectivity index (χ4v) is 4.74. The molecular weight excluding hydrogens is 459 g/mol. The molecule has 1 aliphatic heterocycles. The number of nitrogens with two attached hydrogens (primary N) is 1. The van der Waals surface area contributed by atoms with Gasteiger partial charge in [0.05, 0.1) is 12.2 Å². The minimum Gasteiger partial charge on any atom is -0.382 e. The predicted octanol–water partition coefficient (Wildman–Crippen LogP) is 3.53. The Morgan fingerprint density at radius 2 is 1.86 bits per heavy atom. The summed E-state index contributed by atoms with van der Waals surface area (Å²) in [5.74, 6) is 1.18. The van der Waals surface area contributed by atoms with Crippen molar-refractivity contribution in [2.45, 2.75) is 51.9 Å². The average molecular weight is 488 g/mol. The molecule has 5 rings (SSSR count). The highest BCUT2D eigenvalue weighted by molar-refractivity contribution is 5.88. The highest BCUT2D eigenvalue weighted by atomic mass is 19.3. The highest BCUT2D eigenvalue weighted by Crippen LogP contribution is 2.29. The minimum atomic E-state index is -2.51. The molecule has 9 nitrogen and oxygen atoms in total. The topological polar surface area (TPSA) is 102 Å². The molecule has 1 saturated heterocycles. The van der Waals surface area contributed by atoms with Crippen LogP contribution in [0.15, 0.2) is 24.4 Å². The van der Waals surface area contributed by atoms with E-state index in [9.17, 15) is 13.2 Å². The Labute approximate surface area is 200 Å². The summed E-state index contributed by atoms with van der Waals surface area (Å²) >= 11 is 0. The second-order valence-corrected chi connectivity index (χ2v) is 9.04. The SMILES string of the molecule is Cc1nc2ccc(-c3ccn4nc(NC5CCN(C[C@H](C)F)CC5)nc(N)c34)nc2n1CC(F)F. The molecule has 0 unspecified atom stereocenters. The van der Waals surface area contributed by atoms with Gasteiger partial charge < -0.3 is 20.5 Å². The van der Waals surface area contributed by atoms with Gasteiger partial charge in [0.25, 0.3) is 6.43 Å². The molecule has 5 heterocycles. The number of likely N-dealkylation sites (tertiary alicyclic amines) is 1. The third kappa shape index (κ3) is 4.75. The van der Waals surface area contributed by atoms with Crippen molar-refractivity contribution in [1.82, 2.24) is 34.0 Å². The van der Waals surface area contributed by atoms with Gasteiger partial charge >= 0.3 is 0 Å². The Morgan fingerprint density at radius 1 is 1.09 bits per heavy atom. The number of fused-ring (bicyclic) bond motifs is 2. The van der Waals surface area contributed by atoms with Gasteiger partial charge in [-0.3, -0.25) is 0 Å². The first-order valence-electron chi connectivity index (χ1n) is 11.7. The van der Waals surface area contributed by atoms with Crippen LogP contribution in [0.1, 0.15) is 25.6 Å². The Bertz CT molecular complexity index is 1340. The number of piperidine rings is 1. The van der Waals surface area contributed by atoms with Gasteiger partial charge in [-0.25, -0.2) is 27.7 Å². The lowest BCUT2D eigenvalue weighted by Gasteiger charge is -2.32. The summed E-state index contributed by atoms with van der Waals surface area (Å²) in [4.78, 5) is 15.5. The van der Waals surface area contributed by atoms with E-state index in [2.05, 4.69) is 30.3 Å². The number of pyridine rings is 1. The van der Waals surface area contributed by atoms with E-state index in [1.54, 1.807) is 36.7 Å². The zero-order chi connectivity index (χ0) is 24.7. The molecule has 35 heavy (non-hydrogen) atoms. The highest BCUT2D eigenvalue weighted by Gasteiger charge is 2.22. The molecule has 4 aromatic rings. The summed E-state index contributed by atoms with van der Waals surface area (Å²) in [5, 5.41) is 7.91. The van der Waals surface area contributed by atoms with E-state index in [1.165, 1.54) is 4.57 Å². The summed E-state index contributed by atoms with van der Waals surface area (Å²) < 4.78 is 42.5. The molecular formula is C23H28F3N9. The normalized spacial score (nSPS) is 16.5. The molecule has 4 aromatic heterocycles. The molecule has 0 saturated carbocycles. The van der Waals surface area contributed by atoms with Crippen molar-refractivity contribution in [2.24, 2.45) is 0 Å². The predicted molar refractivity (Wildman–Crippen MR) is 128 cm³/mol. The molecule has 1 atom stereocenters. The molecule has 1 aliphatic rings. The van der Waals surface area contributed by atoms with Gasteiger partial charge in [0, 0.05) is 37.4 Å². The maximum atomic E-state index is 13.3. The summed E-state index contributed by atoms with van der Waals surface area (Å²) in [5.41, 5.74) is 9.14. The second-order valence-electron chi connectivity index (χ2n) is 9.04. The van der Waals surface area contributed by atoms with Crippen molar-refractivity contribution >= 4 is 28.4 Å². The first-order chi connectivity index (χ1) is 16.8. The van der Waals surface area contributed by atoms with Crippen LogP contribution < -0.4 is 11.1 Å². The number of rotatable bonds is 7. The number of nitrogens with zero attached hydrogens (tertiary/aromatic N) is 7. The zero-order valence-electron chi connectivity index (χ0n) is 19.6. The second kappa shape index (κ2) is 9.33. The number of aromatic nitrogens is 6. The first-order valence-corrected chi connectivity index (χ1v) is 11.7. The van der Waals surface area contributed by atoms with Crippen LogP contribution in [0.4, 0.5) is 24.9 Å². The van der Waals surface area contributed by atoms with Gasteiger partial charge in [-0.2, -0.15) is 4.98 Å². The van der Waals surface area contributed by atoms with Gasteiger partial charge in [-0.15, -0.1) is 5.10 Å². The van der Waals surface area contributed by atoms with E-state index in [0.29, 0.717) is 46.3 Å². The Morgan fingerprint density at radius 3 is 2.57 bits per heavy atom. The molecule has 0 aliphatic carbocycles. The zero-order valence-corrected chi connectivity index (χ0v) is 19.6. The van der Waals surface area contributed by atoms with Crippen LogP contribution in [0.25, 0.3) is 27.9 Å². The minimum absolute atomic E-state index is 0.176. The number of aryl methyl sites for hydroxylation is 1. The number of imidazole rings is 1. The lowest BCUT2D eigenvalue weighted by Crippen LogP contribution is -2.41. The standard InChI is InChI=1S/C23H28F3N9/c1-13(24)11-33-8-5-15(6-9-33)29-23-31-21(27)20-16(7-10-35(20)32-23)17-3-4-18-22(30-17)34(12-19(25)26)14(2)28-18/h3-4,7,10,13,15,19H,5-6,8-9,11-12H2,1-2H3,(H3,27,29,31,32)/t13-/m0/s1. The maximum Gasteiger partial charge on any atom is 0.256 e. The summed E-state index contributed by atoms with van der Waals surface area (Å²) in [7, 11) is 0. The molecule has 0 radical (unpaired) electrons. The summed E-state index contributed by atoms with van der Waals surface area (Å²) in [6.45, 7) is 4.87. The van der Waals surface area contributed by atoms with Crippen LogP contribution in [-0.2, 0) is 6.54 Å². The van der Waals surface area contributed by atoms with E-state index in [-0.39, 0.29) is 11.9 Å². The first kappa shape index (κ1) is 23.3. The number of halogens is 3. The van der Waals surface area contributed by atoms with E-state index in [1.807, 2.05) is 6.07 Å². The third-order valence-electron chi connectivity index (χ3n) is 6.35. The number of nitrogens with one attached hydrogen (secondary N) is 1. The van der Waals surface area contributed by atoms with Crippen LogP contribution in [0.5, 0.6) is 0 Å². The Balaban J connectivity index is 1.40. The fraction of sp³-hybridized carbons (Fsp3) is 0.478. The lowest BCUT2D eigenvalue weighted by molar-refractivity contribution is 0.127. The largest absolute Gasteiger partial charge is 0.382 e. The van der Waals surface area contributed by atoms with Crippen LogP contribution in [0, 0.1) is 6.92 Å². The number of alkyl halides is 3. The molecule has 186 valence electrons. The maximum absolute atomic E-state index is 13.3. The fourth-order valence-electron chi connectivity index (χ4n) is 4.74. The van der Waals surface area contributed by atoms with Gasteiger partial charge in [-0.1, -0.05) is 0 Å². The quantitative estimate of drug-likeness (QED) is 0.411. The van der Waals surface area contributed by atoms with Gasteiger partial charge in [0.1, 0.15) is 23.0 Å². The summed E-state index contributed by atoms with van der Waals surface area (Å²) in [6, 6.07) is 5.55. The number of anilines is 2. The van der Waals surface area contributed by atoms with Crippen LogP contribution in [-0.4, -0.2) is 72.3 Å².